The van der Waals surface area contributed by atoms with Crippen LogP contribution in [-0.4, -0.2) is 53.8 Å². The molecular formula is C15H19N3O2. The van der Waals surface area contributed by atoms with Gasteiger partial charge in [0, 0.05) is 19.1 Å². The molecule has 0 spiro atoms. The molecule has 1 aromatic rings. The second-order valence-corrected chi connectivity index (χ2v) is 5.49. The van der Waals surface area contributed by atoms with Crippen molar-refractivity contribution in [1.82, 2.24) is 9.80 Å². The molecule has 0 atom stereocenters. The van der Waals surface area contributed by atoms with E-state index in [2.05, 4.69) is 4.90 Å². The third-order valence-electron chi connectivity index (χ3n) is 4.15. The Morgan fingerprint density at radius 2 is 1.55 bits per heavy atom. The molecule has 0 radical (unpaired) electrons. The zero-order chi connectivity index (χ0) is 14.1. The summed E-state index contributed by atoms with van der Waals surface area (Å²) in [5.74, 6) is -0.335. The van der Waals surface area contributed by atoms with Gasteiger partial charge in [0.15, 0.2) is 0 Å². The van der Waals surface area contributed by atoms with Crippen molar-refractivity contribution in [2.75, 3.05) is 26.2 Å². The van der Waals surface area contributed by atoms with Gasteiger partial charge in [-0.25, -0.2) is 0 Å². The Bertz CT molecular complexity index is 501. The molecule has 20 heavy (non-hydrogen) atoms. The number of fused-ring (bicyclic) bond motifs is 1. The maximum atomic E-state index is 12.2. The minimum absolute atomic E-state index is 0.167. The Labute approximate surface area is 118 Å². The van der Waals surface area contributed by atoms with E-state index in [9.17, 15) is 9.59 Å². The number of piperidine rings is 1. The van der Waals surface area contributed by atoms with E-state index in [0.29, 0.717) is 23.7 Å². The Hall–Kier alpha value is -1.72. The third kappa shape index (κ3) is 2.34. The highest BCUT2D eigenvalue weighted by atomic mass is 16.2. The lowest BCUT2D eigenvalue weighted by Crippen LogP contribution is -2.44. The van der Waals surface area contributed by atoms with Crippen molar-refractivity contribution in [3.8, 4) is 0 Å². The van der Waals surface area contributed by atoms with Gasteiger partial charge in [-0.15, -0.1) is 0 Å². The number of amides is 2. The lowest BCUT2D eigenvalue weighted by molar-refractivity contribution is 0.0630. The minimum atomic E-state index is -0.167. The highest BCUT2D eigenvalue weighted by Crippen LogP contribution is 2.22. The van der Waals surface area contributed by atoms with Crippen molar-refractivity contribution >= 4 is 11.8 Å². The zero-order valence-corrected chi connectivity index (χ0v) is 11.4. The van der Waals surface area contributed by atoms with E-state index >= 15 is 0 Å². The summed E-state index contributed by atoms with van der Waals surface area (Å²) in [7, 11) is 0. The number of carbonyl (C=O) groups excluding carboxylic acids is 2. The number of imide groups is 1. The van der Waals surface area contributed by atoms with Crippen molar-refractivity contribution in [3.05, 3.63) is 35.4 Å². The summed E-state index contributed by atoms with van der Waals surface area (Å²) in [6.07, 6.45) is 1.98. The standard InChI is InChI=1S/C15H19N3O2/c16-11-5-7-17(8-6-11)9-10-18-14(19)12-3-1-2-4-13(12)15(18)20/h1-4,11H,5-10,16H2. The highest BCUT2D eigenvalue weighted by molar-refractivity contribution is 6.21. The molecule has 1 saturated heterocycles. The predicted molar refractivity (Wildman–Crippen MR) is 75.5 cm³/mol. The molecule has 2 heterocycles. The van der Waals surface area contributed by atoms with Gasteiger partial charge in [-0.05, 0) is 38.1 Å². The van der Waals surface area contributed by atoms with Gasteiger partial charge in [0.25, 0.3) is 11.8 Å². The van der Waals surface area contributed by atoms with Crippen LogP contribution in [0.15, 0.2) is 24.3 Å². The van der Waals surface area contributed by atoms with Gasteiger partial charge in [0.05, 0.1) is 11.1 Å². The summed E-state index contributed by atoms with van der Waals surface area (Å²) in [6.45, 7) is 3.09. The van der Waals surface area contributed by atoms with Gasteiger partial charge in [0.1, 0.15) is 0 Å². The molecule has 1 fully saturated rings. The van der Waals surface area contributed by atoms with E-state index in [0.717, 1.165) is 32.5 Å². The van der Waals surface area contributed by atoms with Gasteiger partial charge in [0.2, 0.25) is 0 Å². The largest absolute Gasteiger partial charge is 0.328 e. The van der Waals surface area contributed by atoms with E-state index in [1.807, 2.05) is 0 Å². The number of rotatable bonds is 3. The minimum Gasteiger partial charge on any atom is -0.328 e. The first kappa shape index (κ1) is 13.3. The molecule has 106 valence electrons. The van der Waals surface area contributed by atoms with Crippen molar-refractivity contribution < 1.29 is 9.59 Å². The Kier molecular flexibility index (Phi) is 3.54. The topological polar surface area (TPSA) is 66.6 Å². The van der Waals surface area contributed by atoms with Crippen LogP contribution in [0.4, 0.5) is 0 Å². The molecule has 0 bridgehead atoms. The van der Waals surface area contributed by atoms with Gasteiger partial charge in [-0.1, -0.05) is 12.1 Å². The van der Waals surface area contributed by atoms with Gasteiger partial charge in [-0.2, -0.15) is 0 Å². The van der Waals surface area contributed by atoms with Gasteiger partial charge in [-0.3, -0.25) is 14.5 Å². The molecule has 0 unspecified atom stereocenters. The average Bonchev–Trinajstić information content (AvgIpc) is 2.71. The summed E-state index contributed by atoms with van der Waals surface area (Å²) in [4.78, 5) is 28.0. The maximum Gasteiger partial charge on any atom is 0.261 e. The summed E-state index contributed by atoms with van der Waals surface area (Å²) < 4.78 is 0. The van der Waals surface area contributed by atoms with E-state index in [-0.39, 0.29) is 11.8 Å². The number of likely N-dealkylation sites (tertiary alicyclic amines) is 1. The summed E-state index contributed by atoms with van der Waals surface area (Å²) in [5, 5.41) is 0. The van der Waals surface area contributed by atoms with E-state index < -0.39 is 0 Å². The van der Waals surface area contributed by atoms with Crippen LogP contribution in [0.1, 0.15) is 33.6 Å². The van der Waals surface area contributed by atoms with Crippen molar-refractivity contribution in [2.45, 2.75) is 18.9 Å². The molecule has 0 aliphatic carbocycles. The summed E-state index contributed by atoms with van der Waals surface area (Å²) in [6, 6.07) is 7.31. The quantitative estimate of drug-likeness (QED) is 0.824. The van der Waals surface area contributed by atoms with Gasteiger partial charge < -0.3 is 10.6 Å². The molecular weight excluding hydrogens is 254 g/mol. The van der Waals surface area contributed by atoms with Crippen LogP contribution in [0.5, 0.6) is 0 Å². The molecule has 2 amide bonds. The van der Waals surface area contributed by atoms with Crippen LogP contribution in [0.2, 0.25) is 0 Å². The third-order valence-corrected chi connectivity index (χ3v) is 4.15. The number of hydrogen-bond donors (Lipinski definition) is 1. The molecule has 5 heteroatoms. The van der Waals surface area contributed by atoms with Crippen molar-refractivity contribution in [3.63, 3.8) is 0 Å². The fraction of sp³-hybridized carbons (Fsp3) is 0.467. The van der Waals surface area contributed by atoms with E-state index in [1.54, 1.807) is 24.3 Å². The van der Waals surface area contributed by atoms with Crippen LogP contribution in [0.25, 0.3) is 0 Å². The number of benzene rings is 1. The molecule has 2 N–H and O–H groups in total. The molecule has 3 rings (SSSR count). The zero-order valence-electron chi connectivity index (χ0n) is 11.4. The van der Waals surface area contributed by atoms with Gasteiger partial charge >= 0.3 is 0 Å². The van der Waals surface area contributed by atoms with E-state index in [4.69, 9.17) is 5.73 Å². The number of carbonyl (C=O) groups is 2. The fourth-order valence-corrected chi connectivity index (χ4v) is 2.86. The number of nitrogens with two attached hydrogens (primary N) is 1. The molecule has 0 saturated carbocycles. The first-order chi connectivity index (χ1) is 9.66. The fourth-order valence-electron chi connectivity index (χ4n) is 2.86. The van der Waals surface area contributed by atoms with Crippen molar-refractivity contribution in [1.29, 1.82) is 0 Å². The lowest BCUT2D eigenvalue weighted by atomic mass is 10.1. The second kappa shape index (κ2) is 5.34. The SMILES string of the molecule is NC1CCN(CCN2C(=O)c3ccccc3C2=O)CC1. The van der Waals surface area contributed by atoms with Crippen LogP contribution in [0.3, 0.4) is 0 Å². The smallest absolute Gasteiger partial charge is 0.261 e. The first-order valence-electron chi connectivity index (χ1n) is 7.10. The van der Waals surface area contributed by atoms with Crippen LogP contribution >= 0.6 is 0 Å². The van der Waals surface area contributed by atoms with Crippen molar-refractivity contribution in [2.24, 2.45) is 5.73 Å². The Morgan fingerprint density at radius 3 is 2.10 bits per heavy atom. The highest BCUT2D eigenvalue weighted by Gasteiger charge is 2.35. The molecule has 1 aromatic carbocycles. The maximum absolute atomic E-state index is 12.2. The molecule has 5 nitrogen and oxygen atoms in total. The molecule has 2 aliphatic heterocycles. The molecule has 0 aromatic heterocycles. The second-order valence-electron chi connectivity index (χ2n) is 5.49. The monoisotopic (exact) mass is 273 g/mol. The average molecular weight is 273 g/mol. The van der Waals surface area contributed by atoms with Crippen LogP contribution < -0.4 is 5.73 Å². The summed E-state index contributed by atoms with van der Waals surface area (Å²) in [5.41, 5.74) is 6.92. The number of hydrogen-bond acceptors (Lipinski definition) is 4. The summed E-state index contributed by atoms with van der Waals surface area (Å²) >= 11 is 0. The first-order valence-corrected chi connectivity index (χ1v) is 7.10. The Morgan fingerprint density at radius 1 is 1.00 bits per heavy atom. The Balaban J connectivity index is 1.62. The molecule has 2 aliphatic rings. The van der Waals surface area contributed by atoms with Crippen LogP contribution in [0, 0.1) is 0 Å². The number of nitrogens with zero attached hydrogens (tertiary/aromatic N) is 2. The normalized spacial score (nSPS) is 20.6. The van der Waals surface area contributed by atoms with Crippen LogP contribution in [-0.2, 0) is 0 Å². The van der Waals surface area contributed by atoms with E-state index in [1.165, 1.54) is 4.90 Å². The predicted octanol–water partition coefficient (Wildman–Crippen LogP) is 0.706. The lowest BCUT2D eigenvalue weighted by Gasteiger charge is -2.30.